The quantitative estimate of drug-likeness (QED) is 0.345. The first-order valence-electron chi connectivity index (χ1n) is 12.4. The van der Waals surface area contributed by atoms with Crippen LogP contribution in [0.4, 0.5) is 18.9 Å². The summed E-state index contributed by atoms with van der Waals surface area (Å²) in [6, 6.07) is 10.9. The lowest BCUT2D eigenvalue weighted by Crippen LogP contribution is -2.44. The van der Waals surface area contributed by atoms with Gasteiger partial charge in [-0.05, 0) is 55.4 Å². The van der Waals surface area contributed by atoms with Gasteiger partial charge in [0.05, 0.1) is 15.8 Å². The van der Waals surface area contributed by atoms with Crippen molar-refractivity contribution in [3.05, 3.63) is 87.6 Å². The first-order chi connectivity index (χ1) is 18.7. The summed E-state index contributed by atoms with van der Waals surface area (Å²) in [5.74, 6) is 5.64. The van der Waals surface area contributed by atoms with Gasteiger partial charge in [0.1, 0.15) is 0 Å². The van der Waals surface area contributed by atoms with Crippen LogP contribution in [-0.2, 0) is 12.7 Å². The van der Waals surface area contributed by atoms with Crippen LogP contribution in [0.2, 0.25) is 0 Å². The van der Waals surface area contributed by atoms with E-state index in [0.29, 0.717) is 29.9 Å². The number of rotatable bonds is 4. The van der Waals surface area contributed by atoms with Crippen LogP contribution in [0.5, 0.6) is 0 Å². The summed E-state index contributed by atoms with van der Waals surface area (Å²) in [4.78, 5) is 25.6. The maximum atomic E-state index is 13.9. The highest BCUT2D eigenvalue weighted by Crippen LogP contribution is 2.34. The number of anilines is 1. The lowest BCUT2D eigenvalue weighted by atomic mass is 10.0. The van der Waals surface area contributed by atoms with Crippen molar-refractivity contribution < 1.29 is 18.0 Å². The lowest BCUT2D eigenvalue weighted by molar-refractivity contribution is -0.138. The Bertz CT molecular complexity index is 1580. The number of fused-ring (bicyclic) bond motifs is 1. The van der Waals surface area contributed by atoms with E-state index in [1.54, 1.807) is 29.9 Å². The van der Waals surface area contributed by atoms with Crippen LogP contribution in [0.3, 0.4) is 0 Å². The second-order valence-corrected chi connectivity index (χ2v) is 10.5. The number of amides is 1. The van der Waals surface area contributed by atoms with Crippen LogP contribution in [0.25, 0.3) is 10.3 Å². The van der Waals surface area contributed by atoms with Crippen molar-refractivity contribution in [1.29, 1.82) is 0 Å². The molecule has 0 unspecified atom stereocenters. The minimum absolute atomic E-state index is 0.0894. The number of carbonyl (C=O) groups excluding carboxylic acids is 1. The molecule has 1 fully saturated rings. The highest BCUT2D eigenvalue weighted by Gasteiger charge is 2.34. The van der Waals surface area contributed by atoms with E-state index in [9.17, 15) is 18.0 Å². The van der Waals surface area contributed by atoms with E-state index < -0.39 is 17.6 Å². The maximum absolute atomic E-state index is 13.9. The van der Waals surface area contributed by atoms with E-state index >= 15 is 0 Å². The zero-order valence-corrected chi connectivity index (χ0v) is 22.3. The zero-order chi connectivity index (χ0) is 27.6. The fraction of sp³-hybridized carbons (Fsp3) is 0.276. The van der Waals surface area contributed by atoms with Crippen molar-refractivity contribution in [2.75, 3.05) is 38.5 Å². The van der Waals surface area contributed by atoms with Crippen molar-refractivity contribution in [3.63, 3.8) is 0 Å². The van der Waals surface area contributed by atoms with Crippen LogP contribution >= 0.6 is 11.3 Å². The molecule has 4 aromatic rings. The standard InChI is InChI=1S/C29H26F3N5OS/c1-19-3-5-22(14-21(19)6-4-20-13-26-27(33-16-20)34-18-39-26)28(38)35-24-8-7-23(25(15-24)29(30,31)32)17-37-11-9-36(2)10-12-37/h3,5,7-8,13-16,18H,9-12,17H2,1-2H3,(H,35,38). The van der Waals surface area contributed by atoms with Crippen LogP contribution in [0, 0.1) is 18.8 Å². The molecule has 3 heterocycles. The number of alkyl halides is 3. The van der Waals surface area contributed by atoms with E-state index in [0.717, 1.165) is 35.0 Å². The van der Waals surface area contributed by atoms with E-state index in [1.807, 2.05) is 24.9 Å². The summed E-state index contributed by atoms with van der Waals surface area (Å²) in [6.45, 7) is 5.14. The number of halogens is 3. The topological polar surface area (TPSA) is 61.4 Å². The third-order valence-electron chi connectivity index (χ3n) is 6.69. The molecule has 200 valence electrons. The Morgan fingerprint density at radius 1 is 1.05 bits per heavy atom. The molecule has 0 aliphatic carbocycles. The van der Waals surface area contributed by atoms with Gasteiger partial charge >= 0.3 is 6.18 Å². The largest absolute Gasteiger partial charge is 0.416 e. The highest BCUT2D eigenvalue weighted by molar-refractivity contribution is 7.16. The Balaban J connectivity index is 1.34. The molecule has 5 rings (SSSR count). The summed E-state index contributed by atoms with van der Waals surface area (Å²) in [5, 5.41) is 2.62. The Morgan fingerprint density at radius 2 is 1.85 bits per heavy atom. The van der Waals surface area contributed by atoms with Gasteiger partial charge in [-0.25, -0.2) is 9.97 Å². The molecule has 1 aliphatic heterocycles. The fourth-order valence-electron chi connectivity index (χ4n) is 4.37. The number of carbonyl (C=O) groups is 1. The van der Waals surface area contributed by atoms with Crippen molar-refractivity contribution in [3.8, 4) is 11.8 Å². The summed E-state index contributed by atoms with van der Waals surface area (Å²) < 4.78 is 42.7. The van der Waals surface area contributed by atoms with Gasteiger partial charge < -0.3 is 10.2 Å². The molecule has 39 heavy (non-hydrogen) atoms. The Hall–Kier alpha value is -3.78. The zero-order valence-electron chi connectivity index (χ0n) is 21.5. The number of nitrogens with one attached hydrogen (secondary N) is 1. The third-order valence-corrected chi connectivity index (χ3v) is 7.46. The Labute approximate surface area is 228 Å². The second kappa shape index (κ2) is 11.1. The van der Waals surface area contributed by atoms with Crippen molar-refractivity contribution in [1.82, 2.24) is 19.8 Å². The SMILES string of the molecule is Cc1ccc(C(=O)Nc2ccc(CN3CCN(C)CC3)c(C(F)(F)F)c2)cc1C#Cc1cnc2ncsc2c1. The number of aromatic nitrogens is 2. The smallest absolute Gasteiger partial charge is 0.322 e. The molecule has 1 amide bonds. The van der Waals surface area contributed by atoms with Crippen LogP contribution in [0.1, 0.15) is 38.2 Å². The number of pyridine rings is 1. The number of benzene rings is 2. The number of piperazine rings is 1. The monoisotopic (exact) mass is 549 g/mol. The molecule has 10 heteroatoms. The van der Waals surface area contributed by atoms with Gasteiger partial charge in [0.25, 0.3) is 5.91 Å². The third kappa shape index (κ3) is 6.45. The maximum Gasteiger partial charge on any atom is 0.416 e. The molecule has 0 atom stereocenters. The van der Waals surface area contributed by atoms with Gasteiger partial charge in [0.2, 0.25) is 0 Å². The second-order valence-electron chi connectivity index (χ2n) is 9.58. The minimum Gasteiger partial charge on any atom is -0.322 e. The van der Waals surface area contributed by atoms with Gasteiger partial charge in [-0.15, -0.1) is 11.3 Å². The van der Waals surface area contributed by atoms with Gasteiger partial charge in [-0.3, -0.25) is 9.69 Å². The average Bonchev–Trinajstić information content (AvgIpc) is 3.38. The van der Waals surface area contributed by atoms with E-state index in [4.69, 9.17) is 0 Å². The lowest BCUT2D eigenvalue weighted by Gasteiger charge is -2.33. The predicted octanol–water partition coefficient (Wildman–Crippen LogP) is 5.42. The molecule has 0 saturated carbocycles. The molecular formula is C29H26F3N5OS. The predicted molar refractivity (Wildman–Crippen MR) is 147 cm³/mol. The molecular weight excluding hydrogens is 523 g/mol. The highest BCUT2D eigenvalue weighted by atomic mass is 32.1. The van der Waals surface area contributed by atoms with Crippen molar-refractivity contribution >= 4 is 33.3 Å². The molecule has 1 saturated heterocycles. The summed E-state index contributed by atoms with van der Waals surface area (Å²) in [6.07, 6.45) is -2.89. The van der Waals surface area contributed by atoms with Gasteiger partial charge in [0, 0.05) is 61.3 Å². The molecule has 2 aromatic heterocycles. The van der Waals surface area contributed by atoms with E-state index in [-0.39, 0.29) is 17.8 Å². The Morgan fingerprint density at radius 3 is 2.62 bits per heavy atom. The molecule has 0 spiro atoms. The summed E-state index contributed by atoms with van der Waals surface area (Å²) in [5.41, 5.74) is 4.48. The number of aryl methyl sites for hydroxylation is 1. The number of thiazole rings is 1. The van der Waals surface area contributed by atoms with Crippen molar-refractivity contribution in [2.45, 2.75) is 19.6 Å². The first-order valence-corrected chi connectivity index (χ1v) is 13.3. The molecule has 6 nitrogen and oxygen atoms in total. The number of likely N-dealkylation sites (N-methyl/N-ethyl adjacent to an activating group) is 1. The van der Waals surface area contributed by atoms with Crippen molar-refractivity contribution in [2.24, 2.45) is 0 Å². The van der Waals surface area contributed by atoms with E-state index in [2.05, 4.69) is 32.0 Å². The normalized spacial score (nSPS) is 14.7. The van der Waals surface area contributed by atoms with Gasteiger partial charge in [0.15, 0.2) is 5.65 Å². The average molecular weight is 550 g/mol. The molecule has 0 bridgehead atoms. The minimum atomic E-state index is -4.54. The summed E-state index contributed by atoms with van der Waals surface area (Å²) >= 11 is 1.48. The first kappa shape index (κ1) is 26.8. The Kier molecular flexibility index (Phi) is 7.66. The molecule has 1 N–H and O–H groups in total. The van der Waals surface area contributed by atoms with Gasteiger partial charge in [-0.2, -0.15) is 13.2 Å². The van der Waals surface area contributed by atoms with E-state index in [1.165, 1.54) is 23.5 Å². The van der Waals surface area contributed by atoms with Crippen LogP contribution in [-0.4, -0.2) is 58.9 Å². The number of hydrogen-bond acceptors (Lipinski definition) is 6. The summed E-state index contributed by atoms with van der Waals surface area (Å²) in [7, 11) is 2.00. The van der Waals surface area contributed by atoms with Crippen LogP contribution < -0.4 is 5.32 Å². The van der Waals surface area contributed by atoms with Gasteiger partial charge in [-0.1, -0.05) is 24.0 Å². The molecule has 0 radical (unpaired) electrons. The fourth-order valence-corrected chi connectivity index (χ4v) is 5.04. The number of nitrogens with zero attached hydrogens (tertiary/aromatic N) is 4. The van der Waals surface area contributed by atoms with Crippen LogP contribution in [0.15, 0.2) is 54.2 Å². The number of hydrogen-bond donors (Lipinski definition) is 1. The molecule has 1 aliphatic rings. The molecule has 2 aromatic carbocycles.